The highest BCUT2D eigenvalue weighted by Gasteiger charge is 2.39. The molecular formula is C13H26. The van der Waals surface area contributed by atoms with E-state index in [1.54, 1.807) is 6.42 Å². The van der Waals surface area contributed by atoms with Crippen LogP contribution in [-0.4, -0.2) is 0 Å². The highest BCUT2D eigenvalue weighted by atomic mass is 14.4. The Morgan fingerprint density at radius 1 is 1.15 bits per heavy atom. The lowest BCUT2D eigenvalue weighted by Gasteiger charge is -2.13. The van der Waals surface area contributed by atoms with Crippen LogP contribution in [0, 0.1) is 17.8 Å². The summed E-state index contributed by atoms with van der Waals surface area (Å²) in [5, 5.41) is 0. The maximum absolute atomic E-state index is 2.38. The van der Waals surface area contributed by atoms with Crippen LogP contribution in [-0.2, 0) is 0 Å². The van der Waals surface area contributed by atoms with Crippen molar-refractivity contribution in [3.8, 4) is 0 Å². The number of rotatable bonds is 7. The molecule has 0 nitrogen and oxygen atoms in total. The van der Waals surface area contributed by atoms with E-state index in [2.05, 4.69) is 20.8 Å². The van der Waals surface area contributed by atoms with E-state index in [4.69, 9.17) is 0 Å². The second-order valence-corrected chi connectivity index (χ2v) is 4.73. The van der Waals surface area contributed by atoms with E-state index >= 15 is 0 Å². The normalized spacial score (nSPS) is 28.8. The van der Waals surface area contributed by atoms with E-state index < -0.39 is 0 Å². The molecule has 3 unspecified atom stereocenters. The molecule has 1 aliphatic rings. The zero-order valence-corrected chi connectivity index (χ0v) is 9.68. The molecule has 1 rings (SSSR count). The van der Waals surface area contributed by atoms with Crippen LogP contribution in [0.1, 0.15) is 65.7 Å². The third-order valence-electron chi connectivity index (χ3n) is 3.81. The quantitative estimate of drug-likeness (QED) is 0.503. The van der Waals surface area contributed by atoms with E-state index in [9.17, 15) is 0 Å². The summed E-state index contributed by atoms with van der Waals surface area (Å²) in [7, 11) is 0. The molecule has 0 aromatic heterocycles. The summed E-state index contributed by atoms with van der Waals surface area (Å²) in [6.07, 6.45) is 10.2. The van der Waals surface area contributed by atoms with Gasteiger partial charge in [-0.1, -0.05) is 59.3 Å². The zero-order valence-electron chi connectivity index (χ0n) is 9.68. The average Bonchev–Trinajstić information content (AvgIpc) is 2.92. The first-order chi connectivity index (χ1) is 6.33. The van der Waals surface area contributed by atoms with Crippen LogP contribution in [0.25, 0.3) is 0 Å². The lowest BCUT2D eigenvalue weighted by atomic mass is 9.92. The Morgan fingerprint density at radius 3 is 2.38 bits per heavy atom. The van der Waals surface area contributed by atoms with E-state index in [1.807, 2.05) is 0 Å². The van der Waals surface area contributed by atoms with Gasteiger partial charge in [0.25, 0.3) is 0 Å². The van der Waals surface area contributed by atoms with Crippen molar-refractivity contribution in [2.75, 3.05) is 0 Å². The molecule has 78 valence electrons. The maximum Gasteiger partial charge on any atom is -0.0355 e. The molecule has 0 saturated heterocycles. The summed E-state index contributed by atoms with van der Waals surface area (Å²) in [6.45, 7) is 7.03. The summed E-state index contributed by atoms with van der Waals surface area (Å²) in [4.78, 5) is 0. The smallest absolute Gasteiger partial charge is 0.0355 e. The first-order valence-electron chi connectivity index (χ1n) is 6.33. The van der Waals surface area contributed by atoms with Gasteiger partial charge in [0, 0.05) is 0 Å². The molecule has 0 radical (unpaired) electrons. The summed E-state index contributed by atoms with van der Waals surface area (Å²) < 4.78 is 0. The van der Waals surface area contributed by atoms with Crippen LogP contribution in [0.3, 0.4) is 0 Å². The molecule has 0 aromatic rings. The Balaban J connectivity index is 2.13. The second kappa shape index (κ2) is 5.67. The van der Waals surface area contributed by atoms with Gasteiger partial charge in [0.05, 0.1) is 0 Å². The van der Waals surface area contributed by atoms with Gasteiger partial charge in [-0.15, -0.1) is 0 Å². The minimum Gasteiger partial charge on any atom is -0.0654 e. The topological polar surface area (TPSA) is 0 Å². The number of unbranched alkanes of at least 4 members (excludes halogenated alkanes) is 2. The van der Waals surface area contributed by atoms with E-state index in [-0.39, 0.29) is 0 Å². The van der Waals surface area contributed by atoms with Gasteiger partial charge < -0.3 is 0 Å². The van der Waals surface area contributed by atoms with Crippen LogP contribution in [0.4, 0.5) is 0 Å². The van der Waals surface area contributed by atoms with Gasteiger partial charge in [-0.2, -0.15) is 0 Å². The summed E-state index contributed by atoms with van der Waals surface area (Å²) >= 11 is 0. The molecule has 1 aliphatic carbocycles. The maximum atomic E-state index is 2.38. The highest BCUT2D eigenvalue weighted by molar-refractivity contribution is 4.89. The molecule has 0 N–H and O–H groups in total. The van der Waals surface area contributed by atoms with Gasteiger partial charge in [0.1, 0.15) is 0 Å². The van der Waals surface area contributed by atoms with E-state index in [0.29, 0.717) is 0 Å². The number of hydrogen-bond donors (Lipinski definition) is 0. The highest BCUT2D eigenvalue weighted by Crippen LogP contribution is 2.49. The van der Waals surface area contributed by atoms with Gasteiger partial charge in [0.2, 0.25) is 0 Å². The average molecular weight is 182 g/mol. The Bertz CT molecular complexity index is 128. The first kappa shape index (κ1) is 11.1. The van der Waals surface area contributed by atoms with Gasteiger partial charge in [0.15, 0.2) is 0 Å². The molecule has 0 heterocycles. The Hall–Kier alpha value is 0. The van der Waals surface area contributed by atoms with Gasteiger partial charge in [-0.05, 0) is 24.2 Å². The molecular weight excluding hydrogens is 156 g/mol. The molecule has 13 heavy (non-hydrogen) atoms. The van der Waals surface area contributed by atoms with Gasteiger partial charge in [-0.25, -0.2) is 0 Å². The molecule has 3 atom stereocenters. The summed E-state index contributed by atoms with van der Waals surface area (Å²) in [5.74, 6) is 3.29. The van der Waals surface area contributed by atoms with Gasteiger partial charge >= 0.3 is 0 Å². The zero-order chi connectivity index (χ0) is 9.68. The van der Waals surface area contributed by atoms with E-state index in [1.165, 1.54) is 38.5 Å². The Labute approximate surface area is 84.1 Å². The van der Waals surface area contributed by atoms with Crippen molar-refractivity contribution in [1.82, 2.24) is 0 Å². The predicted molar refractivity (Wildman–Crippen MR) is 59.8 cm³/mol. The van der Waals surface area contributed by atoms with Crippen molar-refractivity contribution in [2.24, 2.45) is 17.8 Å². The molecule has 0 bridgehead atoms. The van der Waals surface area contributed by atoms with Crippen molar-refractivity contribution in [3.63, 3.8) is 0 Å². The van der Waals surface area contributed by atoms with Crippen LogP contribution in [0.15, 0.2) is 0 Å². The standard InChI is InChI=1S/C13H26/c1-4-7-8-9-11(5-2)13-10-12(13)6-3/h11-13H,4-10H2,1-3H3. The van der Waals surface area contributed by atoms with Crippen molar-refractivity contribution in [1.29, 1.82) is 0 Å². The van der Waals surface area contributed by atoms with Crippen LogP contribution in [0.5, 0.6) is 0 Å². The number of hydrogen-bond acceptors (Lipinski definition) is 0. The van der Waals surface area contributed by atoms with E-state index in [0.717, 1.165) is 17.8 Å². The molecule has 0 amide bonds. The van der Waals surface area contributed by atoms with Crippen LogP contribution < -0.4 is 0 Å². The van der Waals surface area contributed by atoms with Crippen molar-refractivity contribution in [2.45, 2.75) is 65.7 Å². The fourth-order valence-corrected chi connectivity index (χ4v) is 2.70. The largest absolute Gasteiger partial charge is 0.0654 e. The Morgan fingerprint density at radius 2 is 1.92 bits per heavy atom. The third-order valence-corrected chi connectivity index (χ3v) is 3.81. The SMILES string of the molecule is CCCCCC(CC)C1CC1CC. The van der Waals surface area contributed by atoms with Gasteiger partial charge in [-0.3, -0.25) is 0 Å². The molecule has 0 aromatic carbocycles. The molecule has 0 spiro atoms. The van der Waals surface area contributed by atoms with Crippen molar-refractivity contribution < 1.29 is 0 Å². The third kappa shape index (κ3) is 3.32. The van der Waals surface area contributed by atoms with Crippen molar-refractivity contribution in [3.05, 3.63) is 0 Å². The predicted octanol–water partition coefficient (Wildman–Crippen LogP) is 4.64. The monoisotopic (exact) mass is 182 g/mol. The lowest BCUT2D eigenvalue weighted by molar-refractivity contribution is 0.375. The molecule has 1 saturated carbocycles. The second-order valence-electron chi connectivity index (χ2n) is 4.73. The molecule has 1 fully saturated rings. The summed E-state index contributed by atoms with van der Waals surface area (Å²) in [5.41, 5.74) is 0. The fraction of sp³-hybridized carbons (Fsp3) is 1.00. The lowest BCUT2D eigenvalue weighted by Crippen LogP contribution is -2.03. The van der Waals surface area contributed by atoms with Crippen molar-refractivity contribution >= 4 is 0 Å². The first-order valence-corrected chi connectivity index (χ1v) is 6.33. The van der Waals surface area contributed by atoms with Crippen LogP contribution >= 0.6 is 0 Å². The summed E-state index contributed by atoms with van der Waals surface area (Å²) in [6, 6.07) is 0. The Kier molecular flexibility index (Phi) is 4.83. The minimum absolute atomic E-state index is 1.07. The van der Waals surface area contributed by atoms with Crippen LogP contribution in [0.2, 0.25) is 0 Å². The molecule has 0 heteroatoms. The fourth-order valence-electron chi connectivity index (χ4n) is 2.70. The molecule has 0 aliphatic heterocycles. The minimum atomic E-state index is 1.07.